The first-order chi connectivity index (χ1) is 13.1. The highest BCUT2D eigenvalue weighted by Crippen LogP contribution is 2.13. The number of nitrogens with one attached hydrogen (secondary N) is 2. The van der Waals surface area contributed by atoms with Crippen LogP contribution < -0.4 is 10.6 Å². The van der Waals surface area contributed by atoms with E-state index in [1.807, 2.05) is 24.3 Å². The summed E-state index contributed by atoms with van der Waals surface area (Å²) in [5.74, 6) is -0.295. The smallest absolute Gasteiger partial charge is 0.253 e. The fourth-order valence-corrected chi connectivity index (χ4v) is 2.74. The standard InChI is InChI=1S/C21H18ClN3O2/c22-18-5-1-3-16(11-18)12-20(26)25-19-8-6-15(7-9-19)13-24-21(27)17-4-2-10-23-14-17/h1-11,14H,12-13H2,(H,24,27)(H,25,26). The maximum atomic E-state index is 12.1. The van der Waals surface area contributed by atoms with E-state index in [-0.39, 0.29) is 18.2 Å². The molecule has 2 amide bonds. The van der Waals surface area contributed by atoms with Crippen molar-refractivity contribution in [3.05, 3.63) is 94.8 Å². The monoisotopic (exact) mass is 379 g/mol. The molecule has 0 saturated carbocycles. The molecular formula is C21H18ClN3O2. The van der Waals surface area contributed by atoms with E-state index in [1.165, 1.54) is 6.20 Å². The van der Waals surface area contributed by atoms with Crippen LogP contribution in [0.15, 0.2) is 73.1 Å². The molecule has 27 heavy (non-hydrogen) atoms. The van der Waals surface area contributed by atoms with Gasteiger partial charge in [-0.1, -0.05) is 35.9 Å². The predicted molar refractivity (Wildman–Crippen MR) is 106 cm³/mol. The average Bonchev–Trinajstić information content (AvgIpc) is 2.68. The number of carbonyl (C=O) groups is 2. The van der Waals surface area contributed by atoms with Crippen LogP contribution in [0.25, 0.3) is 0 Å². The summed E-state index contributed by atoms with van der Waals surface area (Å²) in [6.45, 7) is 0.393. The highest BCUT2D eigenvalue weighted by atomic mass is 35.5. The number of nitrogens with zero attached hydrogens (tertiary/aromatic N) is 1. The molecule has 2 N–H and O–H groups in total. The van der Waals surface area contributed by atoms with E-state index >= 15 is 0 Å². The second-order valence-corrected chi connectivity index (χ2v) is 6.41. The SMILES string of the molecule is O=C(Cc1cccc(Cl)c1)Nc1ccc(CNC(=O)c2cccnc2)cc1. The zero-order valence-corrected chi connectivity index (χ0v) is 15.2. The molecule has 136 valence electrons. The Bertz CT molecular complexity index is 928. The van der Waals surface area contributed by atoms with Gasteiger partial charge in [0.25, 0.3) is 5.91 Å². The summed E-state index contributed by atoms with van der Waals surface area (Å²) in [6, 6.07) is 18.0. The van der Waals surface area contributed by atoms with Gasteiger partial charge in [0.05, 0.1) is 12.0 Å². The van der Waals surface area contributed by atoms with Crippen molar-refractivity contribution < 1.29 is 9.59 Å². The highest BCUT2D eigenvalue weighted by molar-refractivity contribution is 6.30. The van der Waals surface area contributed by atoms with Crippen molar-refractivity contribution in [2.24, 2.45) is 0 Å². The number of carbonyl (C=O) groups excluding carboxylic acids is 2. The molecule has 3 rings (SSSR count). The van der Waals surface area contributed by atoms with Gasteiger partial charge in [0.2, 0.25) is 5.91 Å². The number of pyridine rings is 1. The fourth-order valence-electron chi connectivity index (χ4n) is 2.52. The number of benzene rings is 2. The summed E-state index contributed by atoms with van der Waals surface area (Å²) >= 11 is 5.93. The van der Waals surface area contributed by atoms with E-state index in [4.69, 9.17) is 11.6 Å². The average molecular weight is 380 g/mol. The quantitative estimate of drug-likeness (QED) is 0.683. The maximum absolute atomic E-state index is 12.1. The van der Waals surface area contributed by atoms with Gasteiger partial charge in [-0.2, -0.15) is 0 Å². The minimum atomic E-state index is -0.179. The van der Waals surface area contributed by atoms with Crippen molar-refractivity contribution in [1.82, 2.24) is 10.3 Å². The van der Waals surface area contributed by atoms with Gasteiger partial charge in [-0.25, -0.2) is 0 Å². The third-order valence-electron chi connectivity index (χ3n) is 3.87. The van der Waals surface area contributed by atoms with Crippen LogP contribution in [0.4, 0.5) is 5.69 Å². The van der Waals surface area contributed by atoms with Crippen LogP contribution in [0.5, 0.6) is 0 Å². The van der Waals surface area contributed by atoms with Crippen LogP contribution in [0.2, 0.25) is 5.02 Å². The second-order valence-electron chi connectivity index (χ2n) is 5.98. The summed E-state index contributed by atoms with van der Waals surface area (Å²) in [5, 5.41) is 6.29. The van der Waals surface area contributed by atoms with E-state index < -0.39 is 0 Å². The summed E-state index contributed by atoms with van der Waals surface area (Å²) in [5.41, 5.74) is 3.00. The topological polar surface area (TPSA) is 71.1 Å². The Kier molecular flexibility index (Phi) is 6.18. The molecule has 1 heterocycles. The van der Waals surface area contributed by atoms with Crippen molar-refractivity contribution in [3.8, 4) is 0 Å². The minimum Gasteiger partial charge on any atom is -0.348 e. The number of halogens is 1. The number of amides is 2. The van der Waals surface area contributed by atoms with Crippen molar-refractivity contribution in [2.75, 3.05) is 5.32 Å². The Hall–Kier alpha value is -3.18. The molecule has 0 atom stereocenters. The molecule has 3 aromatic rings. The largest absolute Gasteiger partial charge is 0.348 e. The first-order valence-corrected chi connectivity index (χ1v) is 8.79. The number of hydrogen-bond acceptors (Lipinski definition) is 3. The Morgan fingerprint density at radius 2 is 1.78 bits per heavy atom. The molecule has 0 bridgehead atoms. The molecule has 2 aromatic carbocycles. The van der Waals surface area contributed by atoms with E-state index in [2.05, 4.69) is 15.6 Å². The van der Waals surface area contributed by atoms with Crippen LogP contribution in [0.3, 0.4) is 0 Å². The number of aromatic nitrogens is 1. The Morgan fingerprint density at radius 1 is 0.963 bits per heavy atom. The van der Waals surface area contributed by atoms with Gasteiger partial charge in [0.15, 0.2) is 0 Å². The summed E-state index contributed by atoms with van der Waals surface area (Å²) in [7, 11) is 0. The van der Waals surface area contributed by atoms with Crippen LogP contribution in [-0.4, -0.2) is 16.8 Å². The van der Waals surface area contributed by atoms with Gasteiger partial charge in [-0.3, -0.25) is 14.6 Å². The van der Waals surface area contributed by atoms with Crippen LogP contribution in [0.1, 0.15) is 21.5 Å². The van der Waals surface area contributed by atoms with Gasteiger partial charge >= 0.3 is 0 Å². The van der Waals surface area contributed by atoms with E-state index in [0.29, 0.717) is 22.8 Å². The molecular weight excluding hydrogens is 362 g/mol. The Balaban J connectivity index is 1.51. The Morgan fingerprint density at radius 3 is 2.48 bits per heavy atom. The Labute approximate surface area is 162 Å². The first-order valence-electron chi connectivity index (χ1n) is 8.41. The van der Waals surface area contributed by atoms with Crippen molar-refractivity contribution in [2.45, 2.75) is 13.0 Å². The molecule has 0 fully saturated rings. The van der Waals surface area contributed by atoms with Crippen LogP contribution in [0, 0.1) is 0 Å². The van der Waals surface area contributed by atoms with Gasteiger partial charge in [0, 0.05) is 29.6 Å². The minimum absolute atomic E-state index is 0.116. The molecule has 0 aliphatic heterocycles. The van der Waals surface area contributed by atoms with Crippen molar-refractivity contribution in [1.29, 1.82) is 0 Å². The first kappa shape index (κ1) is 18.6. The van der Waals surface area contributed by atoms with Gasteiger partial charge in [0.1, 0.15) is 0 Å². The summed E-state index contributed by atoms with van der Waals surface area (Å²) in [4.78, 5) is 28.1. The molecule has 1 aromatic heterocycles. The lowest BCUT2D eigenvalue weighted by atomic mass is 10.1. The molecule has 6 heteroatoms. The predicted octanol–water partition coefficient (Wildman–Crippen LogP) is 3.85. The van der Waals surface area contributed by atoms with Crippen LogP contribution in [-0.2, 0) is 17.8 Å². The lowest BCUT2D eigenvalue weighted by molar-refractivity contribution is -0.115. The number of rotatable bonds is 6. The lowest BCUT2D eigenvalue weighted by Crippen LogP contribution is -2.22. The molecule has 5 nitrogen and oxygen atoms in total. The molecule has 0 spiro atoms. The maximum Gasteiger partial charge on any atom is 0.253 e. The number of hydrogen-bond donors (Lipinski definition) is 2. The lowest BCUT2D eigenvalue weighted by Gasteiger charge is -2.08. The zero-order chi connectivity index (χ0) is 19.1. The fraction of sp³-hybridized carbons (Fsp3) is 0.0952. The third-order valence-corrected chi connectivity index (χ3v) is 4.10. The van der Waals surface area contributed by atoms with Gasteiger partial charge in [-0.05, 0) is 47.5 Å². The molecule has 0 aliphatic rings. The van der Waals surface area contributed by atoms with E-state index in [1.54, 1.807) is 42.6 Å². The van der Waals surface area contributed by atoms with Crippen LogP contribution >= 0.6 is 11.6 Å². The van der Waals surface area contributed by atoms with E-state index in [9.17, 15) is 9.59 Å². The molecule has 0 radical (unpaired) electrons. The second kappa shape index (κ2) is 8.96. The molecule has 0 unspecified atom stereocenters. The van der Waals surface area contributed by atoms with Crippen molar-refractivity contribution >= 4 is 29.1 Å². The summed E-state index contributed by atoms with van der Waals surface area (Å²) in [6.07, 6.45) is 3.40. The van der Waals surface area contributed by atoms with E-state index in [0.717, 1.165) is 11.1 Å². The summed E-state index contributed by atoms with van der Waals surface area (Å²) < 4.78 is 0. The molecule has 0 aliphatic carbocycles. The normalized spacial score (nSPS) is 10.3. The highest BCUT2D eigenvalue weighted by Gasteiger charge is 2.06. The van der Waals surface area contributed by atoms with Gasteiger partial charge < -0.3 is 10.6 Å². The zero-order valence-electron chi connectivity index (χ0n) is 14.5. The van der Waals surface area contributed by atoms with Gasteiger partial charge in [-0.15, -0.1) is 0 Å². The van der Waals surface area contributed by atoms with Crippen molar-refractivity contribution in [3.63, 3.8) is 0 Å². The molecule has 0 saturated heterocycles. The third kappa shape index (κ3) is 5.66. The number of anilines is 1.